The molecule has 1 unspecified atom stereocenters. The first-order valence-electron chi connectivity index (χ1n) is 5.77. The standard InChI is InChI=1S/C11H22N2O3/c1-10-9-13(4-3-11(10)12-14)5-6-16-8-7-15-2/h10,14H,3-9H2,1-2H3. The number of nitrogens with zero attached hydrogens (tertiary/aromatic N) is 2. The Morgan fingerprint density at radius 2 is 2.25 bits per heavy atom. The van der Waals surface area contributed by atoms with Crippen molar-refractivity contribution in [1.29, 1.82) is 0 Å². The van der Waals surface area contributed by atoms with Crippen molar-refractivity contribution in [3.8, 4) is 0 Å². The van der Waals surface area contributed by atoms with Crippen LogP contribution in [0.15, 0.2) is 5.16 Å². The maximum Gasteiger partial charge on any atom is 0.0700 e. The third-order valence-electron chi connectivity index (χ3n) is 2.90. The Balaban J connectivity index is 2.11. The molecule has 1 aliphatic heterocycles. The number of hydrogen-bond acceptors (Lipinski definition) is 5. The summed E-state index contributed by atoms with van der Waals surface area (Å²) in [5.74, 6) is 0.345. The number of hydrogen-bond donors (Lipinski definition) is 1. The van der Waals surface area contributed by atoms with Gasteiger partial charge >= 0.3 is 0 Å². The van der Waals surface area contributed by atoms with E-state index in [1.165, 1.54) is 0 Å². The lowest BCUT2D eigenvalue weighted by atomic mass is 9.98. The Kier molecular flexibility index (Phi) is 6.37. The van der Waals surface area contributed by atoms with Gasteiger partial charge in [0.25, 0.3) is 0 Å². The van der Waals surface area contributed by atoms with E-state index in [4.69, 9.17) is 14.7 Å². The van der Waals surface area contributed by atoms with Crippen LogP contribution in [0.3, 0.4) is 0 Å². The highest BCUT2D eigenvalue weighted by molar-refractivity contribution is 5.86. The molecule has 5 heteroatoms. The summed E-state index contributed by atoms with van der Waals surface area (Å²) in [4.78, 5) is 2.34. The molecule has 0 aliphatic carbocycles. The van der Waals surface area contributed by atoms with Gasteiger partial charge in [0.15, 0.2) is 0 Å². The zero-order valence-electron chi connectivity index (χ0n) is 10.2. The second-order valence-electron chi connectivity index (χ2n) is 4.15. The average Bonchev–Trinajstić information content (AvgIpc) is 2.29. The second kappa shape index (κ2) is 7.60. The van der Waals surface area contributed by atoms with E-state index in [-0.39, 0.29) is 0 Å². The lowest BCUT2D eigenvalue weighted by Gasteiger charge is -2.31. The molecule has 16 heavy (non-hydrogen) atoms. The summed E-state index contributed by atoms with van der Waals surface area (Å²) < 4.78 is 10.3. The van der Waals surface area contributed by atoms with E-state index in [1.807, 2.05) is 0 Å². The van der Waals surface area contributed by atoms with Gasteiger partial charge in [-0.15, -0.1) is 0 Å². The van der Waals surface area contributed by atoms with E-state index in [2.05, 4.69) is 17.0 Å². The SMILES string of the molecule is COCCOCCN1CCC(=NO)C(C)C1. The van der Waals surface area contributed by atoms with Gasteiger partial charge in [-0.25, -0.2) is 0 Å². The van der Waals surface area contributed by atoms with Gasteiger partial charge in [0.05, 0.1) is 25.5 Å². The molecule has 94 valence electrons. The van der Waals surface area contributed by atoms with Crippen molar-refractivity contribution in [3.63, 3.8) is 0 Å². The molecule has 5 nitrogen and oxygen atoms in total. The van der Waals surface area contributed by atoms with Gasteiger partial charge in [0.1, 0.15) is 0 Å². The van der Waals surface area contributed by atoms with Crippen molar-refractivity contribution >= 4 is 5.71 Å². The minimum atomic E-state index is 0.345. The summed E-state index contributed by atoms with van der Waals surface area (Å²) >= 11 is 0. The number of rotatable bonds is 6. The fourth-order valence-electron chi connectivity index (χ4n) is 1.89. The largest absolute Gasteiger partial charge is 0.411 e. The summed E-state index contributed by atoms with van der Waals surface area (Å²) in [5.41, 5.74) is 0.913. The van der Waals surface area contributed by atoms with E-state index in [1.54, 1.807) is 7.11 Å². The molecule has 0 radical (unpaired) electrons. The average molecular weight is 230 g/mol. The molecule has 1 heterocycles. The molecular weight excluding hydrogens is 208 g/mol. The van der Waals surface area contributed by atoms with Crippen LogP contribution in [0.25, 0.3) is 0 Å². The van der Waals surface area contributed by atoms with Crippen molar-refractivity contribution in [3.05, 3.63) is 0 Å². The number of ether oxygens (including phenoxy) is 2. The van der Waals surface area contributed by atoms with Gasteiger partial charge in [0, 0.05) is 39.1 Å². The first kappa shape index (κ1) is 13.4. The zero-order valence-corrected chi connectivity index (χ0v) is 10.2. The maximum atomic E-state index is 8.75. The van der Waals surface area contributed by atoms with E-state index in [9.17, 15) is 0 Å². The van der Waals surface area contributed by atoms with E-state index >= 15 is 0 Å². The van der Waals surface area contributed by atoms with Crippen molar-refractivity contribution in [2.24, 2.45) is 11.1 Å². The maximum absolute atomic E-state index is 8.75. The third kappa shape index (κ3) is 4.47. The Hall–Kier alpha value is -0.650. The van der Waals surface area contributed by atoms with Gasteiger partial charge in [0.2, 0.25) is 0 Å². The second-order valence-corrected chi connectivity index (χ2v) is 4.15. The quantitative estimate of drug-likeness (QED) is 0.417. The fraction of sp³-hybridized carbons (Fsp3) is 0.909. The van der Waals surface area contributed by atoms with Crippen molar-refractivity contribution in [2.45, 2.75) is 13.3 Å². The van der Waals surface area contributed by atoms with E-state index < -0.39 is 0 Å². The van der Waals surface area contributed by atoms with Crippen LogP contribution in [0.2, 0.25) is 0 Å². The van der Waals surface area contributed by atoms with Gasteiger partial charge in [-0.1, -0.05) is 12.1 Å². The highest BCUT2D eigenvalue weighted by atomic mass is 16.5. The molecule has 0 bridgehead atoms. The molecule has 1 rings (SSSR count). The van der Waals surface area contributed by atoms with Crippen LogP contribution in [-0.2, 0) is 9.47 Å². The molecule has 1 N–H and O–H groups in total. The minimum absolute atomic E-state index is 0.345. The van der Waals surface area contributed by atoms with Crippen molar-refractivity contribution < 1.29 is 14.7 Å². The lowest BCUT2D eigenvalue weighted by molar-refractivity contribution is 0.0552. The van der Waals surface area contributed by atoms with Crippen LogP contribution in [0, 0.1) is 5.92 Å². The molecule has 0 spiro atoms. The summed E-state index contributed by atoms with van der Waals surface area (Å²) in [7, 11) is 1.67. The Labute approximate surface area is 97.0 Å². The first-order chi connectivity index (χ1) is 7.77. The molecule has 0 amide bonds. The predicted molar refractivity (Wildman–Crippen MR) is 62.1 cm³/mol. The topological polar surface area (TPSA) is 54.3 Å². The van der Waals surface area contributed by atoms with Crippen LogP contribution in [-0.4, -0.2) is 62.4 Å². The molecule has 0 aromatic rings. The molecule has 0 saturated carbocycles. The molecule has 1 fully saturated rings. The third-order valence-corrected chi connectivity index (χ3v) is 2.90. The summed E-state index contributed by atoms with van der Waals surface area (Å²) in [5, 5.41) is 12.1. The van der Waals surface area contributed by atoms with Crippen molar-refractivity contribution in [2.75, 3.05) is 46.6 Å². The molecule has 1 aliphatic rings. The highest BCUT2D eigenvalue weighted by Gasteiger charge is 2.21. The van der Waals surface area contributed by atoms with Crippen molar-refractivity contribution in [1.82, 2.24) is 4.90 Å². The zero-order chi connectivity index (χ0) is 11.8. The van der Waals surface area contributed by atoms with Crippen LogP contribution >= 0.6 is 0 Å². The number of likely N-dealkylation sites (tertiary alicyclic amines) is 1. The summed E-state index contributed by atoms with van der Waals surface area (Å²) in [6.45, 7) is 6.98. The smallest absolute Gasteiger partial charge is 0.0700 e. The van der Waals surface area contributed by atoms with E-state index in [0.29, 0.717) is 19.1 Å². The minimum Gasteiger partial charge on any atom is -0.411 e. The van der Waals surface area contributed by atoms with Crippen LogP contribution in [0.4, 0.5) is 0 Å². The Morgan fingerprint density at radius 1 is 1.44 bits per heavy atom. The first-order valence-corrected chi connectivity index (χ1v) is 5.77. The number of methoxy groups -OCH3 is 1. The van der Waals surface area contributed by atoms with Crippen LogP contribution < -0.4 is 0 Å². The molecule has 0 aromatic carbocycles. The van der Waals surface area contributed by atoms with Crippen LogP contribution in [0.5, 0.6) is 0 Å². The van der Waals surface area contributed by atoms with Gasteiger partial charge in [-0.05, 0) is 0 Å². The van der Waals surface area contributed by atoms with Gasteiger partial charge in [-0.3, -0.25) is 0 Å². The Bertz CT molecular complexity index is 221. The molecule has 1 saturated heterocycles. The number of oxime groups is 1. The monoisotopic (exact) mass is 230 g/mol. The van der Waals surface area contributed by atoms with Crippen LogP contribution in [0.1, 0.15) is 13.3 Å². The summed E-state index contributed by atoms with van der Waals surface area (Å²) in [6, 6.07) is 0. The van der Waals surface area contributed by atoms with Gasteiger partial charge < -0.3 is 19.6 Å². The summed E-state index contributed by atoms with van der Waals surface area (Å²) in [6.07, 6.45) is 0.857. The molecular formula is C11H22N2O3. The van der Waals surface area contributed by atoms with E-state index in [0.717, 1.165) is 38.4 Å². The lowest BCUT2D eigenvalue weighted by Crippen LogP contribution is -2.41. The molecule has 0 aromatic heterocycles. The fourth-order valence-corrected chi connectivity index (χ4v) is 1.89. The highest BCUT2D eigenvalue weighted by Crippen LogP contribution is 2.13. The molecule has 1 atom stereocenters. The van der Waals surface area contributed by atoms with Gasteiger partial charge in [-0.2, -0.15) is 0 Å². The number of piperidine rings is 1. The Morgan fingerprint density at radius 3 is 2.88 bits per heavy atom. The predicted octanol–water partition coefficient (Wildman–Crippen LogP) is 0.821. The normalized spacial score (nSPS) is 25.1.